The maximum Gasteiger partial charge on any atom is 0.416 e. The van der Waals surface area contributed by atoms with Gasteiger partial charge in [0.05, 0.1) is 16.9 Å². The van der Waals surface area contributed by atoms with E-state index in [-0.39, 0.29) is 5.69 Å². The van der Waals surface area contributed by atoms with Crippen LogP contribution in [0.2, 0.25) is 0 Å². The van der Waals surface area contributed by atoms with Crippen molar-refractivity contribution in [3.63, 3.8) is 0 Å². The van der Waals surface area contributed by atoms with Gasteiger partial charge in [-0.3, -0.25) is 0 Å². The molecule has 0 amide bonds. The number of nitrogens with zero attached hydrogens (tertiary/aromatic N) is 1. The molecule has 0 unspecified atom stereocenters. The van der Waals surface area contributed by atoms with Crippen LogP contribution >= 0.6 is 0 Å². The van der Waals surface area contributed by atoms with E-state index in [1.165, 1.54) is 19.9 Å². The van der Waals surface area contributed by atoms with Gasteiger partial charge in [-0.05, 0) is 30.3 Å². The monoisotopic (exact) mass is 380 g/mol. The van der Waals surface area contributed by atoms with E-state index in [2.05, 4.69) is 5.32 Å². The van der Waals surface area contributed by atoms with Crippen molar-refractivity contribution >= 4 is 17.6 Å². The number of benzene rings is 1. The van der Waals surface area contributed by atoms with Crippen molar-refractivity contribution in [2.75, 3.05) is 5.32 Å². The first-order chi connectivity index (χ1) is 12.6. The van der Waals surface area contributed by atoms with E-state index in [1.54, 1.807) is 29.1 Å². The van der Waals surface area contributed by atoms with Crippen molar-refractivity contribution in [3.05, 3.63) is 60.1 Å². The van der Waals surface area contributed by atoms with Gasteiger partial charge in [0.2, 0.25) is 0 Å². The number of carbonyl (C=O) groups is 2. The zero-order valence-corrected chi connectivity index (χ0v) is 14.3. The molecule has 3 rings (SSSR count). The van der Waals surface area contributed by atoms with Crippen LogP contribution in [0.25, 0.3) is 5.69 Å². The van der Waals surface area contributed by atoms with Crippen molar-refractivity contribution in [2.45, 2.75) is 25.8 Å². The standard InChI is InChI=1S/C18H15F3N2O4/c1-17(2)26-15(24)12(16(25)27-17)10-22-13-9-11(18(19,20)21)5-6-14(13)23-7-3-4-8-23/h3-10,22H,1-2H3. The molecule has 1 fully saturated rings. The number of aromatic nitrogens is 1. The van der Waals surface area contributed by atoms with Crippen LogP contribution in [0.15, 0.2) is 54.5 Å². The van der Waals surface area contributed by atoms with Gasteiger partial charge in [0.15, 0.2) is 5.57 Å². The number of alkyl halides is 3. The number of hydrogen-bond donors (Lipinski definition) is 1. The lowest BCUT2D eigenvalue weighted by Crippen LogP contribution is -2.42. The molecule has 0 aliphatic carbocycles. The first-order valence-corrected chi connectivity index (χ1v) is 7.85. The highest BCUT2D eigenvalue weighted by Gasteiger charge is 2.39. The van der Waals surface area contributed by atoms with Gasteiger partial charge in [-0.2, -0.15) is 13.2 Å². The van der Waals surface area contributed by atoms with E-state index in [9.17, 15) is 22.8 Å². The molecule has 6 nitrogen and oxygen atoms in total. The highest BCUT2D eigenvalue weighted by atomic mass is 19.4. The molecule has 0 atom stereocenters. The maximum atomic E-state index is 13.0. The van der Waals surface area contributed by atoms with E-state index >= 15 is 0 Å². The van der Waals surface area contributed by atoms with Gasteiger partial charge in [0, 0.05) is 32.4 Å². The Bertz CT molecular complexity index is 893. The normalized spacial score (nSPS) is 16.6. The van der Waals surface area contributed by atoms with E-state index in [0.29, 0.717) is 5.69 Å². The summed E-state index contributed by atoms with van der Waals surface area (Å²) in [4.78, 5) is 23.9. The fraction of sp³-hybridized carbons (Fsp3) is 0.222. The molecule has 1 aliphatic heterocycles. The fourth-order valence-corrected chi connectivity index (χ4v) is 2.48. The number of anilines is 1. The summed E-state index contributed by atoms with van der Waals surface area (Å²) in [5.74, 6) is -3.27. The van der Waals surface area contributed by atoms with Crippen LogP contribution in [0, 0.1) is 0 Å². The number of ether oxygens (including phenoxy) is 2. The van der Waals surface area contributed by atoms with Crippen molar-refractivity contribution < 1.29 is 32.2 Å². The molecule has 0 bridgehead atoms. The van der Waals surface area contributed by atoms with E-state index in [1.807, 2.05) is 0 Å². The third kappa shape index (κ3) is 3.97. The number of nitrogens with one attached hydrogen (secondary N) is 1. The summed E-state index contributed by atoms with van der Waals surface area (Å²) in [6.45, 7) is 2.79. The van der Waals surface area contributed by atoms with E-state index in [4.69, 9.17) is 9.47 Å². The first kappa shape index (κ1) is 18.6. The quantitative estimate of drug-likeness (QED) is 0.500. The minimum atomic E-state index is -4.55. The average Bonchev–Trinajstić information content (AvgIpc) is 3.06. The molecule has 1 aromatic carbocycles. The van der Waals surface area contributed by atoms with Crippen LogP contribution in [-0.4, -0.2) is 22.3 Å². The van der Waals surface area contributed by atoms with Crippen LogP contribution in [0.5, 0.6) is 0 Å². The Labute approximate surface area is 152 Å². The van der Waals surface area contributed by atoms with Crippen LogP contribution in [0.3, 0.4) is 0 Å². The maximum absolute atomic E-state index is 13.0. The number of esters is 2. The molecule has 142 valence electrons. The van der Waals surface area contributed by atoms with Crippen molar-refractivity contribution in [1.82, 2.24) is 4.57 Å². The Morgan fingerprint density at radius 1 is 1.07 bits per heavy atom. The summed E-state index contributed by atoms with van der Waals surface area (Å²) in [5, 5.41) is 2.59. The van der Waals surface area contributed by atoms with Gasteiger partial charge >= 0.3 is 18.1 Å². The molecule has 1 N–H and O–H groups in total. The summed E-state index contributed by atoms with van der Waals surface area (Å²) in [6, 6.07) is 6.52. The molecule has 9 heteroatoms. The summed E-state index contributed by atoms with van der Waals surface area (Å²) in [5.41, 5.74) is -0.902. The lowest BCUT2D eigenvalue weighted by molar-refractivity contribution is -0.222. The first-order valence-electron chi connectivity index (χ1n) is 7.85. The Balaban J connectivity index is 1.98. The predicted octanol–water partition coefficient (Wildman–Crippen LogP) is 3.63. The largest absolute Gasteiger partial charge is 0.419 e. The SMILES string of the molecule is CC1(C)OC(=O)C(=CNc2cc(C(F)(F)F)ccc2-n2cccc2)C(=O)O1. The molecule has 27 heavy (non-hydrogen) atoms. The topological polar surface area (TPSA) is 69.6 Å². The summed E-state index contributed by atoms with van der Waals surface area (Å²) in [6.07, 6.45) is -0.285. The average molecular weight is 380 g/mol. The van der Waals surface area contributed by atoms with Crippen molar-refractivity contribution in [3.8, 4) is 5.69 Å². The third-order valence-electron chi connectivity index (χ3n) is 3.70. The van der Waals surface area contributed by atoms with Crippen molar-refractivity contribution in [1.29, 1.82) is 0 Å². The zero-order valence-electron chi connectivity index (χ0n) is 14.3. The molecule has 1 saturated heterocycles. The predicted molar refractivity (Wildman–Crippen MR) is 88.7 cm³/mol. The van der Waals surface area contributed by atoms with Crippen LogP contribution in [-0.2, 0) is 25.2 Å². The van der Waals surface area contributed by atoms with Crippen LogP contribution in [0.1, 0.15) is 19.4 Å². The second kappa shape index (κ2) is 6.49. The lowest BCUT2D eigenvalue weighted by Gasteiger charge is -2.29. The van der Waals surface area contributed by atoms with E-state index < -0.39 is 35.0 Å². The smallest absolute Gasteiger partial charge is 0.416 e. The number of cyclic esters (lactones) is 2. The molecule has 0 spiro atoms. The van der Waals surface area contributed by atoms with Gasteiger partial charge in [-0.1, -0.05) is 0 Å². The number of carbonyl (C=O) groups excluding carboxylic acids is 2. The van der Waals surface area contributed by atoms with E-state index in [0.717, 1.165) is 18.3 Å². The summed E-state index contributed by atoms with van der Waals surface area (Å²) >= 11 is 0. The highest BCUT2D eigenvalue weighted by Crippen LogP contribution is 2.33. The number of halogens is 3. The second-order valence-electron chi connectivity index (χ2n) is 6.20. The van der Waals surface area contributed by atoms with Gasteiger partial charge in [-0.25, -0.2) is 9.59 Å². The summed E-state index contributed by atoms with van der Waals surface area (Å²) in [7, 11) is 0. The Hall–Kier alpha value is -3.23. The van der Waals surface area contributed by atoms with Crippen LogP contribution in [0.4, 0.5) is 18.9 Å². The molecule has 0 saturated carbocycles. The Morgan fingerprint density at radius 3 is 2.22 bits per heavy atom. The van der Waals surface area contributed by atoms with Gasteiger partial charge < -0.3 is 19.4 Å². The molecule has 0 radical (unpaired) electrons. The molecular weight excluding hydrogens is 365 g/mol. The zero-order chi connectivity index (χ0) is 19.8. The molecule has 1 aliphatic rings. The fourth-order valence-electron chi connectivity index (χ4n) is 2.48. The lowest BCUT2D eigenvalue weighted by atomic mass is 10.1. The Morgan fingerprint density at radius 2 is 1.67 bits per heavy atom. The van der Waals surface area contributed by atoms with Crippen molar-refractivity contribution in [2.24, 2.45) is 0 Å². The van der Waals surface area contributed by atoms with Gasteiger partial charge in [0.25, 0.3) is 5.79 Å². The van der Waals surface area contributed by atoms with Crippen LogP contribution < -0.4 is 5.32 Å². The Kier molecular flexibility index (Phi) is 4.46. The third-order valence-corrected chi connectivity index (χ3v) is 3.70. The minimum absolute atomic E-state index is 0.0407. The molecule has 1 aromatic heterocycles. The number of rotatable bonds is 3. The summed E-state index contributed by atoms with van der Waals surface area (Å²) < 4.78 is 50.6. The second-order valence-corrected chi connectivity index (χ2v) is 6.20. The highest BCUT2D eigenvalue weighted by molar-refractivity contribution is 6.15. The molecular formula is C18H15F3N2O4. The van der Waals surface area contributed by atoms with Gasteiger partial charge in [-0.15, -0.1) is 0 Å². The minimum Gasteiger partial charge on any atom is -0.419 e. The molecule has 2 heterocycles. The van der Waals surface area contributed by atoms with Gasteiger partial charge in [0.1, 0.15) is 0 Å². The molecule has 2 aromatic rings. The number of hydrogen-bond acceptors (Lipinski definition) is 5.